The Hall–Kier alpha value is -2.06. The zero-order valence-electron chi connectivity index (χ0n) is 10.9. The highest BCUT2D eigenvalue weighted by molar-refractivity contribution is 5.63. The third kappa shape index (κ3) is 3.73. The van der Waals surface area contributed by atoms with Crippen molar-refractivity contribution in [1.82, 2.24) is 9.55 Å². The Kier molecular flexibility index (Phi) is 4.49. The molecule has 0 aliphatic heterocycles. The number of aliphatic hydroxyl groups excluding tert-OH is 2. The smallest absolute Gasteiger partial charge is 0.394 e. The highest BCUT2D eigenvalue weighted by Crippen LogP contribution is 2.33. The van der Waals surface area contributed by atoms with Gasteiger partial charge in [0.25, 0.3) is 0 Å². The van der Waals surface area contributed by atoms with Crippen molar-refractivity contribution >= 4 is 5.69 Å². The Morgan fingerprint density at radius 3 is 2.67 bits per heavy atom. The molecule has 0 amide bonds. The fourth-order valence-corrected chi connectivity index (χ4v) is 1.77. The van der Waals surface area contributed by atoms with Crippen LogP contribution in [-0.4, -0.2) is 39.0 Å². The van der Waals surface area contributed by atoms with Crippen molar-refractivity contribution in [2.24, 2.45) is 0 Å². The minimum Gasteiger partial charge on any atom is -0.394 e. The van der Waals surface area contributed by atoms with Gasteiger partial charge < -0.3 is 20.1 Å². The van der Waals surface area contributed by atoms with Crippen LogP contribution in [0, 0.1) is 0 Å². The van der Waals surface area contributed by atoms with Gasteiger partial charge in [0.05, 0.1) is 36.0 Å². The summed E-state index contributed by atoms with van der Waals surface area (Å²) in [5.41, 5.74) is -0.145. The average Bonchev–Trinajstić information content (AvgIpc) is 2.97. The van der Waals surface area contributed by atoms with Crippen molar-refractivity contribution in [3.63, 3.8) is 0 Å². The van der Waals surface area contributed by atoms with Crippen LogP contribution in [0.25, 0.3) is 5.69 Å². The van der Waals surface area contributed by atoms with Crippen molar-refractivity contribution in [2.45, 2.75) is 12.3 Å². The molecule has 2 aromatic rings. The summed E-state index contributed by atoms with van der Waals surface area (Å²) in [6.07, 6.45) is -0.967. The average molecular weight is 301 g/mol. The predicted octanol–water partition coefficient (Wildman–Crippen LogP) is 1.66. The molecule has 2 rings (SSSR count). The molecule has 0 bridgehead atoms. The molecule has 0 radical (unpaired) electrons. The standard InChI is InChI=1S/C13H14F3N3O2/c14-13(15,16)9-1-2-12(19-4-3-17-8-19)11(5-9)18-6-10(21)7-20/h1-5,8,10,18,20-21H,6-7H2. The number of aromatic nitrogens is 2. The molecule has 0 fully saturated rings. The van der Waals surface area contributed by atoms with Gasteiger partial charge in [0, 0.05) is 18.9 Å². The summed E-state index contributed by atoms with van der Waals surface area (Å²) >= 11 is 0. The first-order valence-corrected chi connectivity index (χ1v) is 6.14. The molecule has 3 N–H and O–H groups in total. The highest BCUT2D eigenvalue weighted by Gasteiger charge is 2.31. The van der Waals surface area contributed by atoms with E-state index in [4.69, 9.17) is 5.11 Å². The van der Waals surface area contributed by atoms with Crippen molar-refractivity contribution in [3.05, 3.63) is 42.5 Å². The topological polar surface area (TPSA) is 70.3 Å². The molecular formula is C13H14F3N3O2. The summed E-state index contributed by atoms with van der Waals surface area (Å²) in [5.74, 6) is 0. The molecule has 1 atom stereocenters. The second-order valence-electron chi connectivity index (χ2n) is 4.42. The van der Waals surface area contributed by atoms with Crippen LogP contribution in [0.1, 0.15) is 5.56 Å². The van der Waals surface area contributed by atoms with Gasteiger partial charge in [0.1, 0.15) is 0 Å². The Morgan fingerprint density at radius 1 is 1.33 bits per heavy atom. The quantitative estimate of drug-likeness (QED) is 0.785. The molecule has 21 heavy (non-hydrogen) atoms. The van der Waals surface area contributed by atoms with Gasteiger partial charge in [-0.1, -0.05) is 0 Å². The molecular weight excluding hydrogens is 287 g/mol. The molecule has 1 aromatic heterocycles. The van der Waals surface area contributed by atoms with E-state index in [1.807, 2.05) is 0 Å². The summed E-state index contributed by atoms with van der Waals surface area (Å²) in [5, 5.41) is 20.8. The predicted molar refractivity (Wildman–Crippen MR) is 70.1 cm³/mol. The van der Waals surface area contributed by atoms with Crippen LogP contribution in [0.3, 0.4) is 0 Å². The van der Waals surface area contributed by atoms with E-state index in [9.17, 15) is 18.3 Å². The SMILES string of the molecule is OCC(O)CNc1cc(C(F)(F)F)ccc1-n1ccnc1. The monoisotopic (exact) mass is 301 g/mol. The number of alkyl halides is 3. The molecule has 8 heteroatoms. The second-order valence-corrected chi connectivity index (χ2v) is 4.42. The van der Waals surface area contributed by atoms with E-state index in [-0.39, 0.29) is 12.2 Å². The van der Waals surface area contributed by atoms with Crippen LogP contribution in [0.15, 0.2) is 36.9 Å². The summed E-state index contributed by atoms with van der Waals surface area (Å²) in [4.78, 5) is 3.85. The van der Waals surface area contributed by atoms with Crippen molar-refractivity contribution < 1.29 is 23.4 Å². The lowest BCUT2D eigenvalue weighted by atomic mass is 10.1. The first kappa shape index (κ1) is 15.3. The van der Waals surface area contributed by atoms with Crippen molar-refractivity contribution in [1.29, 1.82) is 0 Å². The summed E-state index contributed by atoms with van der Waals surface area (Å²) < 4.78 is 39.9. The number of hydrogen-bond donors (Lipinski definition) is 3. The van der Waals surface area contributed by atoms with Gasteiger partial charge in [-0.3, -0.25) is 0 Å². The second kappa shape index (κ2) is 6.15. The van der Waals surface area contributed by atoms with Gasteiger partial charge in [-0.05, 0) is 18.2 Å². The summed E-state index contributed by atoms with van der Waals surface area (Å²) in [6, 6.07) is 3.25. The Balaban J connectivity index is 2.36. The van der Waals surface area contributed by atoms with E-state index < -0.39 is 24.5 Å². The van der Waals surface area contributed by atoms with Gasteiger partial charge in [-0.2, -0.15) is 13.2 Å². The van der Waals surface area contributed by atoms with Gasteiger partial charge in [0.2, 0.25) is 0 Å². The van der Waals surface area contributed by atoms with Crippen molar-refractivity contribution in [2.75, 3.05) is 18.5 Å². The van der Waals surface area contributed by atoms with E-state index >= 15 is 0 Å². The van der Waals surface area contributed by atoms with E-state index in [1.54, 1.807) is 10.8 Å². The number of imidazole rings is 1. The van der Waals surface area contributed by atoms with Gasteiger partial charge in [0.15, 0.2) is 0 Å². The normalized spacial score (nSPS) is 13.2. The number of benzene rings is 1. The molecule has 5 nitrogen and oxygen atoms in total. The maximum absolute atomic E-state index is 12.8. The van der Waals surface area contributed by atoms with Gasteiger partial charge >= 0.3 is 6.18 Å². The Labute approximate surface area is 118 Å². The van der Waals surface area contributed by atoms with E-state index in [0.717, 1.165) is 12.1 Å². The van der Waals surface area contributed by atoms with Crippen LogP contribution in [0.4, 0.5) is 18.9 Å². The first-order valence-electron chi connectivity index (χ1n) is 6.14. The molecule has 0 saturated heterocycles. The van der Waals surface area contributed by atoms with E-state index in [2.05, 4.69) is 10.3 Å². The lowest BCUT2D eigenvalue weighted by molar-refractivity contribution is -0.137. The number of rotatable bonds is 5. The van der Waals surface area contributed by atoms with Crippen LogP contribution >= 0.6 is 0 Å². The van der Waals surface area contributed by atoms with Crippen LogP contribution < -0.4 is 5.32 Å². The van der Waals surface area contributed by atoms with Crippen molar-refractivity contribution in [3.8, 4) is 5.69 Å². The number of hydrogen-bond acceptors (Lipinski definition) is 4. The van der Waals surface area contributed by atoms with Gasteiger partial charge in [-0.15, -0.1) is 0 Å². The summed E-state index contributed by atoms with van der Waals surface area (Å²) in [7, 11) is 0. The summed E-state index contributed by atoms with van der Waals surface area (Å²) in [6.45, 7) is -0.550. The van der Waals surface area contributed by atoms with Crippen LogP contribution in [-0.2, 0) is 6.18 Å². The zero-order chi connectivity index (χ0) is 15.5. The minimum absolute atomic E-state index is 0.0699. The largest absolute Gasteiger partial charge is 0.416 e. The molecule has 1 aromatic carbocycles. The first-order chi connectivity index (χ1) is 9.91. The lowest BCUT2D eigenvalue weighted by Crippen LogP contribution is -2.23. The number of nitrogens with one attached hydrogen (secondary N) is 1. The number of anilines is 1. The van der Waals surface area contributed by atoms with Crippen LogP contribution in [0.2, 0.25) is 0 Å². The van der Waals surface area contributed by atoms with E-state index in [1.165, 1.54) is 18.6 Å². The highest BCUT2D eigenvalue weighted by atomic mass is 19.4. The van der Waals surface area contributed by atoms with Crippen LogP contribution in [0.5, 0.6) is 0 Å². The molecule has 1 heterocycles. The lowest BCUT2D eigenvalue weighted by Gasteiger charge is -2.17. The molecule has 0 saturated carbocycles. The molecule has 0 spiro atoms. The molecule has 1 unspecified atom stereocenters. The minimum atomic E-state index is -4.46. The Morgan fingerprint density at radius 2 is 2.10 bits per heavy atom. The number of nitrogens with zero attached hydrogens (tertiary/aromatic N) is 2. The fourth-order valence-electron chi connectivity index (χ4n) is 1.77. The molecule has 0 aliphatic carbocycles. The molecule has 0 aliphatic rings. The molecule has 114 valence electrons. The zero-order valence-corrected chi connectivity index (χ0v) is 10.9. The fraction of sp³-hybridized carbons (Fsp3) is 0.308. The van der Waals surface area contributed by atoms with Gasteiger partial charge in [-0.25, -0.2) is 4.98 Å². The third-order valence-corrected chi connectivity index (χ3v) is 2.85. The Bertz CT molecular complexity index is 585. The number of aliphatic hydroxyl groups is 2. The van der Waals surface area contributed by atoms with E-state index in [0.29, 0.717) is 5.69 Å². The third-order valence-electron chi connectivity index (χ3n) is 2.85. The maximum atomic E-state index is 12.8. The number of halogens is 3. The maximum Gasteiger partial charge on any atom is 0.416 e.